The molecular weight excluding hydrogens is 497 g/mol. The largest absolute Gasteiger partial charge is 0.435 e. The lowest BCUT2D eigenvalue weighted by Gasteiger charge is -2.16. The molecule has 3 N–H and O–H groups in total. The third-order valence-corrected chi connectivity index (χ3v) is 4.36. The van der Waals surface area contributed by atoms with E-state index in [-0.39, 0.29) is 36.3 Å². The first-order chi connectivity index (χ1) is 13.6. The van der Waals surface area contributed by atoms with Gasteiger partial charge in [-0.05, 0) is 31.0 Å². The number of aliphatic hydroxyl groups is 1. The molecule has 11 heteroatoms. The number of fused-ring (bicyclic) bond motifs is 1. The van der Waals surface area contributed by atoms with Crippen LogP contribution in [0.4, 0.5) is 8.78 Å². The summed E-state index contributed by atoms with van der Waals surface area (Å²) in [4.78, 5) is 4.50. The number of guanidine groups is 1. The minimum Gasteiger partial charge on any atom is -0.435 e. The number of benzene rings is 1. The number of aromatic nitrogens is 3. The predicted octanol–water partition coefficient (Wildman–Crippen LogP) is 2.23. The molecule has 1 unspecified atom stereocenters. The molecule has 1 aromatic heterocycles. The van der Waals surface area contributed by atoms with Crippen molar-refractivity contribution in [3.8, 4) is 5.75 Å². The summed E-state index contributed by atoms with van der Waals surface area (Å²) in [5.41, 5.74) is 0.584. The number of nitrogens with one attached hydrogen (secondary N) is 2. The molecule has 1 aliphatic heterocycles. The summed E-state index contributed by atoms with van der Waals surface area (Å²) in [5.74, 6) is 2.42. The molecule has 0 fully saturated rings. The van der Waals surface area contributed by atoms with Crippen LogP contribution in [-0.4, -0.2) is 45.5 Å². The van der Waals surface area contributed by atoms with Gasteiger partial charge >= 0.3 is 6.61 Å². The van der Waals surface area contributed by atoms with Crippen molar-refractivity contribution in [2.45, 2.75) is 45.6 Å². The highest BCUT2D eigenvalue weighted by Gasteiger charge is 2.17. The summed E-state index contributed by atoms with van der Waals surface area (Å²) in [6.45, 7) is 1.25. The highest BCUT2D eigenvalue weighted by molar-refractivity contribution is 14.0. The van der Waals surface area contributed by atoms with Crippen LogP contribution < -0.4 is 15.4 Å². The van der Waals surface area contributed by atoms with Gasteiger partial charge in [0.05, 0.1) is 6.10 Å². The molecule has 0 aliphatic carbocycles. The molecule has 2 aromatic rings. The van der Waals surface area contributed by atoms with Crippen LogP contribution in [0.25, 0.3) is 0 Å². The van der Waals surface area contributed by atoms with Crippen molar-refractivity contribution in [2.75, 3.05) is 13.1 Å². The van der Waals surface area contributed by atoms with Gasteiger partial charge in [0, 0.05) is 26.1 Å². The smallest absolute Gasteiger partial charge is 0.387 e. The molecule has 0 saturated carbocycles. The lowest BCUT2D eigenvalue weighted by molar-refractivity contribution is -0.0498. The summed E-state index contributed by atoms with van der Waals surface area (Å²) in [6, 6.07) is 5.90. The SMILES string of the molecule is CCNC(=NCc1nnc2n1CCC2)NCC(O)c1ccc(OC(F)F)cc1.I. The average Bonchev–Trinajstić information content (AvgIpc) is 3.28. The van der Waals surface area contributed by atoms with Crippen molar-refractivity contribution in [2.24, 2.45) is 4.99 Å². The van der Waals surface area contributed by atoms with Crippen LogP contribution in [0, 0.1) is 0 Å². The van der Waals surface area contributed by atoms with E-state index in [0.717, 1.165) is 31.0 Å². The van der Waals surface area contributed by atoms with Crippen molar-refractivity contribution < 1.29 is 18.6 Å². The zero-order chi connectivity index (χ0) is 19.9. The van der Waals surface area contributed by atoms with Gasteiger partial charge in [-0.1, -0.05) is 12.1 Å². The fraction of sp³-hybridized carbons (Fsp3) is 0.500. The zero-order valence-corrected chi connectivity index (χ0v) is 18.3. The fourth-order valence-electron chi connectivity index (χ4n) is 3.00. The topological polar surface area (TPSA) is 96.6 Å². The number of aliphatic imine (C=N–C) groups is 1. The Morgan fingerprint density at radius 3 is 2.72 bits per heavy atom. The van der Waals surface area contributed by atoms with E-state index < -0.39 is 12.7 Å². The van der Waals surface area contributed by atoms with Crippen LogP contribution in [0.1, 0.15) is 36.7 Å². The summed E-state index contributed by atoms with van der Waals surface area (Å²) in [6.07, 6.45) is 1.19. The van der Waals surface area contributed by atoms with E-state index in [0.29, 0.717) is 24.6 Å². The van der Waals surface area contributed by atoms with Crippen molar-refractivity contribution >= 4 is 29.9 Å². The van der Waals surface area contributed by atoms with Gasteiger partial charge in [-0.15, -0.1) is 34.2 Å². The minimum atomic E-state index is -2.87. The molecule has 0 radical (unpaired) electrons. The van der Waals surface area contributed by atoms with E-state index in [4.69, 9.17) is 0 Å². The van der Waals surface area contributed by atoms with Crippen LogP contribution in [0.15, 0.2) is 29.3 Å². The van der Waals surface area contributed by atoms with E-state index in [1.807, 2.05) is 6.92 Å². The monoisotopic (exact) mass is 522 g/mol. The van der Waals surface area contributed by atoms with Gasteiger partial charge < -0.3 is 25.0 Å². The first-order valence-corrected chi connectivity index (χ1v) is 9.22. The molecule has 1 aliphatic rings. The highest BCUT2D eigenvalue weighted by Crippen LogP contribution is 2.19. The first kappa shape index (κ1) is 23.3. The summed E-state index contributed by atoms with van der Waals surface area (Å²) < 4.78 is 30.8. The summed E-state index contributed by atoms with van der Waals surface area (Å²) >= 11 is 0. The van der Waals surface area contributed by atoms with Crippen molar-refractivity contribution in [1.29, 1.82) is 0 Å². The zero-order valence-electron chi connectivity index (χ0n) is 16.0. The number of hydrogen-bond acceptors (Lipinski definition) is 5. The molecule has 1 aromatic carbocycles. The maximum Gasteiger partial charge on any atom is 0.387 e. The molecule has 8 nitrogen and oxygen atoms in total. The van der Waals surface area contributed by atoms with Crippen molar-refractivity contribution in [3.63, 3.8) is 0 Å². The van der Waals surface area contributed by atoms with Crippen LogP contribution in [0.5, 0.6) is 5.75 Å². The lowest BCUT2D eigenvalue weighted by Crippen LogP contribution is -2.39. The molecule has 0 spiro atoms. The number of aryl methyl sites for hydroxylation is 1. The number of nitrogens with zero attached hydrogens (tertiary/aromatic N) is 4. The number of hydrogen-bond donors (Lipinski definition) is 3. The Bertz CT molecular complexity index is 800. The second-order valence-corrected chi connectivity index (χ2v) is 6.33. The minimum absolute atomic E-state index is 0. The van der Waals surface area contributed by atoms with Gasteiger partial charge in [0.1, 0.15) is 18.1 Å². The van der Waals surface area contributed by atoms with Gasteiger partial charge in [0.2, 0.25) is 0 Å². The standard InChI is InChI=1S/C18H24F2N6O2.HI/c1-2-21-18(23-11-16-25-24-15-4-3-9-26(15)16)22-10-14(27)12-5-7-13(8-6-12)28-17(19)20;/h5-8,14,17,27H,2-4,9-11H2,1H3,(H2,21,22,23);1H. The predicted molar refractivity (Wildman–Crippen MR) is 115 cm³/mol. The van der Waals surface area contributed by atoms with Crippen LogP contribution >= 0.6 is 24.0 Å². The third-order valence-electron chi connectivity index (χ3n) is 4.36. The van der Waals surface area contributed by atoms with Crippen molar-refractivity contribution in [1.82, 2.24) is 25.4 Å². The number of rotatable bonds is 8. The third kappa shape index (κ3) is 6.49. The Labute approximate surface area is 184 Å². The molecular formula is C18H25F2IN6O2. The Morgan fingerprint density at radius 2 is 2.03 bits per heavy atom. The van der Waals surface area contributed by atoms with Gasteiger partial charge in [-0.25, -0.2) is 4.99 Å². The Hall–Kier alpha value is -2.02. The van der Waals surface area contributed by atoms with Gasteiger partial charge in [0.15, 0.2) is 11.8 Å². The van der Waals surface area contributed by atoms with E-state index in [2.05, 4.69) is 35.1 Å². The summed E-state index contributed by atoms with van der Waals surface area (Å²) in [5, 5.41) is 24.9. The fourth-order valence-corrected chi connectivity index (χ4v) is 3.00. The molecule has 29 heavy (non-hydrogen) atoms. The number of alkyl halides is 2. The number of halogens is 3. The molecule has 2 heterocycles. The Balaban J connectivity index is 0.00000300. The van der Waals surface area contributed by atoms with E-state index >= 15 is 0 Å². The molecule has 3 rings (SSSR count). The van der Waals surface area contributed by atoms with Gasteiger partial charge in [-0.3, -0.25) is 0 Å². The quantitative estimate of drug-likeness (QED) is 0.280. The second kappa shape index (κ2) is 11.2. The van der Waals surface area contributed by atoms with Gasteiger partial charge in [0.25, 0.3) is 0 Å². The number of ether oxygens (including phenoxy) is 1. The average molecular weight is 522 g/mol. The maximum atomic E-state index is 12.2. The molecule has 1 atom stereocenters. The van der Waals surface area contributed by atoms with Crippen LogP contribution in [0.2, 0.25) is 0 Å². The van der Waals surface area contributed by atoms with E-state index in [1.54, 1.807) is 12.1 Å². The highest BCUT2D eigenvalue weighted by atomic mass is 127. The van der Waals surface area contributed by atoms with E-state index in [9.17, 15) is 13.9 Å². The Kier molecular flexibility index (Phi) is 9.01. The molecule has 160 valence electrons. The number of aliphatic hydroxyl groups excluding tert-OH is 1. The first-order valence-electron chi connectivity index (χ1n) is 9.22. The van der Waals surface area contributed by atoms with Crippen LogP contribution in [0.3, 0.4) is 0 Å². The normalized spacial score (nSPS) is 14.3. The molecule has 0 saturated heterocycles. The molecule has 0 bridgehead atoms. The summed E-state index contributed by atoms with van der Waals surface area (Å²) in [7, 11) is 0. The van der Waals surface area contributed by atoms with Crippen molar-refractivity contribution in [3.05, 3.63) is 41.5 Å². The van der Waals surface area contributed by atoms with Crippen LogP contribution in [-0.2, 0) is 19.5 Å². The molecule has 0 amide bonds. The van der Waals surface area contributed by atoms with E-state index in [1.165, 1.54) is 12.1 Å². The lowest BCUT2D eigenvalue weighted by atomic mass is 10.1. The van der Waals surface area contributed by atoms with Gasteiger partial charge in [-0.2, -0.15) is 8.78 Å². The Morgan fingerprint density at radius 1 is 1.28 bits per heavy atom. The second-order valence-electron chi connectivity index (χ2n) is 6.33. The maximum absolute atomic E-state index is 12.2.